The minimum absolute atomic E-state index is 0.0711. The number of nitrogens with one attached hydrogen (secondary N) is 1. The van der Waals surface area contributed by atoms with Crippen molar-refractivity contribution in [2.75, 3.05) is 31.5 Å². The van der Waals surface area contributed by atoms with E-state index in [9.17, 15) is 13.2 Å². The van der Waals surface area contributed by atoms with Crippen LogP contribution in [-0.2, 0) is 14.8 Å². The van der Waals surface area contributed by atoms with Crippen molar-refractivity contribution >= 4 is 21.6 Å². The molecule has 1 aliphatic heterocycles. The number of carbonyl (C=O) groups is 1. The highest BCUT2D eigenvalue weighted by atomic mass is 32.2. The van der Waals surface area contributed by atoms with Crippen LogP contribution in [0.5, 0.6) is 0 Å². The lowest BCUT2D eigenvalue weighted by atomic mass is 10.1. The fourth-order valence-electron chi connectivity index (χ4n) is 3.86. The average molecular weight is 430 g/mol. The maximum absolute atomic E-state index is 13.1. The van der Waals surface area contributed by atoms with Crippen molar-refractivity contribution in [2.24, 2.45) is 0 Å². The van der Waals surface area contributed by atoms with Crippen LogP contribution in [0, 0.1) is 27.7 Å². The summed E-state index contributed by atoms with van der Waals surface area (Å²) in [6.45, 7) is 11.3. The van der Waals surface area contributed by atoms with Crippen LogP contribution >= 0.6 is 0 Å². The number of hydrogen-bond acceptors (Lipinski definition) is 4. The molecule has 1 atom stereocenters. The average Bonchev–Trinajstić information content (AvgIpc) is 2.72. The second-order valence-corrected chi connectivity index (χ2v) is 10.0. The van der Waals surface area contributed by atoms with E-state index >= 15 is 0 Å². The summed E-state index contributed by atoms with van der Waals surface area (Å²) in [5.74, 6) is -0.0711. The second kappa shape index (κ2) is 8.88. The Morgan fingerprint density at radius 1 is 0.933 bits per heavy atom. The Balaban J connectivity index is 1.66. The molecule has 1 N–H and O–H groups in total. The molecule has 7 heteroatoms. The van der Waals surface area contributed by atoms with Crippen LogP contribution in [0.2, 0.25) is 0 Å². The zero-order valence-corrected chi connectivity index (χ0v) is 19.2. The summed E-state index contributed by atoms with van der Waals surface area (Å²) in [7, 11) is -3.54. The molecule has 2 aromatic rings. The fourth-order valence-corrected chi connectivity index (χ4v) is 5.59. The van der Waals surface area contributed by atoms with Crippen molar-refractivity contribution in [1.82, 2.24) is 9.21 Å². The third-order valence-corrected chi connectivity index (χ3v) is 7.93. The van der Waals surface area contributed by atoms with Gasteiger partial charge in [-0.3, -0.25) is 9.69 Å². The molecule has 2 aromatic carbocycles. The first-order valence-electron chi connectivity index (χ1n) is 10.3. The lowest BCUT2D eigenvalue weighted by Gasteiger charge is -2.37. The number of sulfonamides is 1. The van der Waals surface area contributed by atoms with E-state index in [0.29, 0.717) is 31.1 Å². The van der Waals surface area contributed by atoms with E-state index in [1.807, 2.05) is 69.9 Å². The van der Waals surface area contributed by atoms with E-state index in [4.69, 9.17) is 0 Å². The van der Waals surface area contributed by atoms with Gasteiger partial charge in [-0.05, 0) is 62.9 Å². The molecule has 1 fully saturated rings. The van der Waals surface area contributed by atoms with Crippen LogP contribution < -0.4 is 5.32 Å². The molecule has 0 radical (unpaired) electrons. The minimum Gasteiger partial charge on any atom is -0.324 e. The molecule has 0 saturated carbocycles. The summed E-state index contributed by atoms with van der Waals surface area (Å²) < 4.78 is 27.8. The van der Waals surface area contributed by atoms with Gasteiger partial charge in [0, 0.05) is 31.9 Å². The third kappa shape index (κ3) is 4.58. The predicted molar refractivity (Wildman–Crippen MR) is 120 cm³/mol. The first kappa shape index (κ1) is 22.5. The fraction of sp³-hybridized carbons (Fsp3) is 0.435. The number of rotatable bonds is 5. The van der Waals surface area contributed by atoms with Crippen LogP contribution in [-0.4, -0.2) is 55.8 Å². The molecule has 162 valence electrons. The van der Waals surface area contributed by atoms with Gasteiger partial charge < -0.3 is 5.32 Å². The normalized spacial score (nSPS) is 17.0. The first-order valence-corrected chi connectivity index (χ1v) is 11.7. The summed E-state index contributed by atoms with van der Waals surface area (Å²) in [5, 5.41) is 3.04. The van der Waals surface area contributed by atoms with E-state index in [1.165, 1.54) is 4.31 Å². The number of nitrogens with zero attached hydrogens (tertiary/aromatic N) is 2. The summed E-state index contributed by atoms with van der Waals surface area (Å²) in [4.78, 5) is 15.2. The number of aryl methyl sites for hydroxylation is 4. The molecule has 1 saturated heterocycles. The molecule has 1 aliphatic rings. The number of anilines is 1. The van der Waals surface area contributed by atoms with Gasteiger partial charge in [0.1, 0.15) is 0 Å². The van der Waals surface area contributed by atoms with Gasteiger partial charge in [0.2, 0.25) is 15.9 Å². The van der Waals surface area contributed by atoms with Crippen molar-refractivity contribution < 1.29 is 13.2 Å². The monoisotopic (exact) mass is 429 g/mol. The highest BCUT2D eigenvalue weighted by molar-refractivity contribution is 7.89. The molecule has 1 amide bonds. The zero-order chi connectivity index (χ0) is 22.1. The van der Waals surface area contributed by atoms with Gasteiger partial charge in [-0.1, -0.05) is 30.3 Å². The Morgan fingerprint density at radius 3 is 2.13 bits per heavy atom. The highest BCUT2D eigenvalue weighted by Crippen LogP contribution is 2.24. The SMILES string of the molecule is Cc1ccc(C)c(S(=O)(=O)N2CCN([C@H](C)C(=O)Nc3c(C)cccc3C)CC2)c1. The standard InChI is InChI=1S/C23H31N3O3S/c1-16-9-10-17(2)21(15-16)30(28,29)26-13-11-25(12-14-26)20(5)23(27)24-22-18(3)7-6-8-19(22)4/h6-10,15,20H,11-14H2,1-5H3,(H,24,27)/t20-/m1/s1. The zero-order valence-electron chi connectivity index (χ0n) is 18.4. The Morgan fingerprint density at radius 2 is 1.53 bits per heavy atom. The lowest BCUT2D eigenvalue weighted by Crippen LogP contribution is -2.54. The quantitative estimate of drug-likeness (QED) is 0.792. The summed E-state index contributed by atoms with van der Waals surface area (Å²) in [6, 6.07) is 11.1. The van der Waals surface area contributed by atoms with Gasteiger partial charge >= 0.3 is 0 Å². The van der Waals surface area contributed by atoms with Crippen molar-refractivity contribution in [3.05, 3.63) is 58.7 Å². The lowest BCUT2D eigenvalue weighted by molar-refractivity contribution is -0.121. The Hall–Kier alpha value is -2.22. The third-order valence-electron chi connectivity index (χ3n) is 5.89. The van der Waals surface area contributed by atoms with Gasteiger partial charge in [0.15, 0.2) is 0 Å². The molecule has 0 aliphatic carbocycles. The minimum atomic E-state index is -3.54. The van der Waals surface area contributed by atoms with Crippen LogP contribution in [0.3, 0.4) is 0 Å². The summed E-state index contributed by atoms with van der Waals surface area (Å²) in [5.41, 5.74) is 4.59. The van der Waals surface area contributed by atoms with Gasteiger partial charge in [0.25, 0.3) is 0 Å². The van der Waals surface area contributed by atoms with Crippen LogP contribution in [0.15, 0.2) is 41.3 Å². The maximum Gasteiger partial charge on any atom is 0.243 e. The molecule has 30 heavy (non-hydrogen) atoms. The molecule has 0 unspecified atom stereocenters. The molecule has 0 spiro atoms. The molecule has 0 bridgehead atoms. The molecular formula is C23H31N3O3S. The number of para-hydroxylation sites is 1. The van der Waals surface area contributed by atoms with E-state index < -0.39 is 10.0 Å². The van der Waals surface area contributed by atoms with E-state index in [0.717, 1.165) is 27.9 Å². The highest BCUT2D eigenvalue weighted by Gasteiger charge is 2.32. The van der Waals surface area contributed by atoms with Gasteiger partial charge in [0.05, 0.1) is 10.9 Å². The first-order chi connectivity index (χ1) is 14.1. The second-order valence-electron chi connectivity index (χ2n) is 8.14. The van der Waals surface area contributed by atoms with Gasteiger partial charge in [-0.25, -0.2) is 8.42 Å². The predicted octanol–water partition coefficient (Wildman–Crippen LogP) is 3.25. The number of carbonyl (C=O) groups excluding carboxylic acids is 1. The van der Waals surface area contributed by atoms with Gasteiger partial charge in [-0.2, -0.15) is 4.31 Å². The smallest absolute Gasteiger partial charge is 0.243 e. The number of hydrogen-bond donors (Lipinski definition) is 1. The van der Waals surface area contributed by atoms with Gasteiger partial charge in [-0.15, -0.1) is 0 Å². The van der Waals surface area contributed by atoms with Crippen LogP contribution in [0.25, 0.3) is 0 Å². The largest absolute Gasteiger partial charge is 0.324 e. The number of benzene rings is 2. The number of amides is 1. The van der Waals surface area contributed by atoms with Crippen molar-refractivity contribution in [2.45, 2.75) is 45.6 Å². The molecule has 0 aromatic heterocycles. The van der Waals surface area contributed by atoms with E-state index in [2.05, 4.69) is 5.32 Å². The molecule has 6 nitrogen and oxygen atoms in total. The van der Waals surface area contributed by atoms with Crippen LogP contribution in [0.1, 0.15) is 29.2 Å². The topological polar surface area (TPSA) is 69.7 Å². The van der Waals surface area contributed by atoms with Crippen molar-refractivity contribution in [3.63, 3.8) is 0 Å². The summed E-state index contributed by atoms with van der Waals surface area (Å²) >= 11 is 0. The Labute approximate surface area is 179 Å². The molecule has 3 rings (SSSR count). The van der Waals surface area contributed by atoms with Crippen molar-refractivity contribution in [1.29, 1.82) is 0 Å². The van der Waals surface area contributed by atoms with E-state index in [1.54, 1.807) is 6.07 Å². The maximum atomic E-state index is 13.1. The molecule has 1 heterocycles. The van der Waals surface area contributed by atoms with E-state index in [-0.39, 0.29) is 11.9 Å². The summed E-state index contributed by atoms with van der Waals surface area (Å²) in [6.07, 6.45) is 0. The molecular weight excluding hydrogens is 398 g/mol. The Bertz CT molecular complexity index is 1020. The van der Waals surface area contributed by atoms with Crippen molar-refractivity contribution in [3.8, 4) is 0 Å². The van der Waals surface area contributed by atoms with Crippen LogP contribution in [0.4, 0.5) is 5.69 Å². The number of piperazine rings is 1. The Kier molecular flexibility index (Phi) is 6.65.